The van der Waals surface area contributed by atoms with E-state index in [2.05, 4.69) is 33.4 Å². The van der Waals surface area contributed by atoms with Gasteiger partial charge in [-0.2, -0.15) is 0 Å². The first-order chi connectivity index (χ1) is 9.58. The van der Waals surface area contributed by atoms with Gasteiger partial charge in [-0.3, -0.25) is 4.79 Å². The molecule has 0 aromatic rings. The lowest BCUT2D eigenvalue weighted by Crippen LogP contribution is -2.19. The van der Waals surface area contributed by atoms with Crippen LogP contribution in [0, 0.1) is 11.8 Å². The van der Waals surface area contributed by atoms with Crippen LogP contribution in [0.2, 0.25) is 0 Å². The summed E-state index contributed by atoms with van der Waals surface area (Å²) in [7, 11) is 0. The number of rotatable bonds is 8. The van der Waals surface area contributed by atoms with Gasteiger partial charge in [0.15, 0.2) is 0 Å². The minimum Gasteiger partial charge on any atom is -0.461 e. The molecular formula is C18H30O2. The lowest BCUT2D eigenvalue weighted by molar-refractivity contribution is -0.148. The van der Waals surface area contributed by atoms with E-state index in [4.69, 9.17) is 4.74 Å². The Bertz CT molecular complexity index is 348. The van der Waals surface area contributed by atoms with Crippen molar-refractivity contribution in [1.82, 2.24) is 0 Å². The molecule has 0 heterocycles. The molecule has 0 aliphatic heterocycles. The Labute approximate surface area is 124 Å². The highest BCUT2D eigenvalue weighted by molar-refractivity contribution is 5.72. The van der Waals surface area contributed by atoms with Crippen LogP contribution in [0.4, 0.5) is 0 Å². The summed E-state index contributed by atoms with van der Waals surface area (Å²) in [6, 6.07) is 0. The second kappa shape index (κ2) is 8.99. The molecule has 0 fully saturated rings. The smallest absolute Gasteiger partial charge is 0.309 e. The van der Waals surface area contributed by atoms with Crippen LogP contribution in [0.1, 0.15) is 65.7 Å². The number of allylic oxidation sites excluding steroid dienone is 2. The zero-order valence-corrected chi connectivity index (χ0v) is 13.4. The number of hydrogen-bond acceptors (Lipinski definition) is 2. The fraction of sp³-hybridized carbons (Fsp3) is 0.722. The van der Waals surface area contributed by atoms with E-state index >= 15 is 0 Å². The van der Waals surface area contributed by atoms with Crippen molar-refractivity contribution in [2.45, 2.75) is 65.7 Å². The normalized spacial score (nSPS) is 18.8. The quantitative estimate of drug-likeness (QED) is 0.459. The molecular weight excluding hydrogens is 248 g/mol. The number of carbonyl (C=O) groups is 1. The summed E-state index contributed by atoms with van der Waals surface area (Å²) in [5, 5.41) is 0. The molecule has 2 heteroatoms. The van der Waals surface area contributed by atoms with Gasteiger partial charge in [-0.25, -0.2) is 0 Å². The SMILES string of the molecule is C=C(C)[C@@H]1CC=C(COC(=O)C(CCC)CCC)CC1. The predicted molar refractivity (Wildman–Crippen MR) is 84.5 cm³/mol. The molecule has 0 radical (unpaired) electrons. The molecule has 0 aromatic heterocycles. The van der Waals surface area contributed by atoms with Gasteiger partial charge in [-0.05, 0) is 50.5 Å². The van der Waals surface area contributed by atoms with E-state index in [1.807, 2.05) is 0 Å². The van der Waals surface area contributed by atoms with Gasteiger partial charge in [0.1, 0.15) is 6.61 Å². The second-order valence-electron chi connectivity index (χ2n) is 6.06. The minimum absolute atomic E-state index is 0.00313. The maximum absolute atomic E-state index is 12.1. The zero-order chi connectivity index (χ0) is 15.0. The van der Waals surface area contributed by atoms with E-state index in [-0.39, 0.29) is 11.9 Å². The van der Waals surface area contributed by atoms with Crippen molar-refractivity contribution < 1.29 is 9.53 Å². The summed E-state index contributed by atoms with van der Waals surface area (Å²) in [4.78, 5) is 12.1. The number of hydrogen-bond donors (Lipinski definition) is 0. The highest BCUT2D eigenvalue weighted by atomic mass is 16.5. The monoisotopic (exact) mass is 278 g/mol. The van der Waals surface area contributed by atoms with E-state index < -0.39 is 0 Å². The van der Waals surface area contributed by atoms with Crippen LogP contribution in [-0.2, 0) is 9.53 Å². The first kappa shape index (κ1) is 17.0. The third kappa shape index (κ3) is 5.52. The minimum atomic E-state index is -0.00313. The Kier molecular flexibility index (Phi) is 7.64. The number of carbonyl (C=O) groups excluding carboxylic acids is 1. The summed E-state index contributed by atoms with van der Waals surface area (Å²) >= 11 is 0. The van der Waals surface area contributed by atoms with Gasteiger partial charge in [0.25, 0.3) is 0 Å². The van der Waals surface area contributed by atoms with Crippen molar-refractivity contribution in [2.75, 3.05) is 6.61 Å². The van der Waals surface area contributed by atoms with Crippen LogP contribution in [-0.4, -0.2) is 12.6 Å². The largest absolute Gasteiger partial charge is 0.461 e. The number of esters is 1. The van der Waals surface area contributed by atoms with Gasteiger partial charge < -0.3 is 4.74 Å². The molecule has 0 saturated carbocycles. The first-order valence-corrected chi connectivity index (χ1v) is 8.08. The summed E-state index contributed by atoms with van der Waals surface area (Å²) in [5.74, 6) is 0.705. The molecule has 0 saturated heterocycles. The van der Waals surface area contributed by atoms with Crippen LogP contribution >= 0.6 is 0 Å². The van der Waals surface area contributed by atoms with Crippen molar-refractivity contribution >= 4 is 5.97 Å². The molecule has 114 valence electrons. The molecule has 1 atom stereocenters. The Morgan fingerprint density at radius 1 is 1.40 bits per heavy atom. The van der Waals surface area contributed by atoms with E-state index in [0.29, 0.717) is 12.5 Å². The van der Waals surface area contributed by atoms with Gasteiger partial charge in [-0.1, -0.05) is 44.9 Å². The second-order valence-corrected chi connectivity index (χ2v) is 6.06. The van der Waals surface area contributed by atoms with Crippen LogP contribution in [0.3, 0.4) is 0 Å². The molecule has 0 amide bonds. The number of ether oxygens (including phenoxy) is 1. The molecule has 2 nitrogen and oxygen atoms in total. The first-order valence-electron chi connectivity index (χ1n) is 8.08. The van der Waals surface area contributed by atoms with E-state index in [9.17, 15) is 4.79 Å². The van der Waals surface area contributed by atoms with Crippen molar-refractivity contribution in [1.29, 1.82) is 0 Å². The van der Waals surface area contributed by atoms with Crippen molar-refractivity contribution in [2.24, 2.45) is 11.8 Å². The van der Waals surface area contributed by atoms with Crippen LogP contribution in [0.15, 0.2) is 23.8 Å². The molecule has 0 bridgehead atoms. The fourth-order valence-electron chi connectivity index (χ4n) is 2.83. The zero-order valence-electron chi connectivity index (χ0n) is 13.4. The predicted octanol–water partition coefficient (Wildman–Crippen LogP) is 5.05. The molecule has 0 unspecified atom stereocenters. The van der Waals surface area contributed by atoms with Gasteiger partial charge in [0.05, 0.1) is 5.92 Å². The highest BCUT2D eigenvalue weighted by Gasteiger charge is 2.20. The van der Waals surface area contributed by atoms with E-state index in [0.717, 1.165) is 44.9 Å². The molecule has 1 aliphatic carbocycles. The molecule has 0 N–H and O–H groups in total. The third-order valence-electron chi connectivity index (χ3n) is 4.21. The molecule has 1 aliphatic rings. The average molecular weight is 278 g/mol. The molecule has 1 rings (SSSR count). The lowest BCUT2D eigenvalue weighted by atomic mass is 9.86. The van der Waals surface area contributed by atoms with E-state index in [1.54, 1.807) is 0 Å². The Morgan fingerprint density at radius 2 is 2.05 bits per heavy atom. The fourth-order valence-corrected chi connectivity index (χ4v) is 2.83. The summed E-state index contributed by atoms with van der Waals surface area (Å²) in [6.45, 7) is 10.9. The van der Waals surface area contributed by atoms with Crippen molar-refractivity contribution in [3.05, 3.63) is 23.8 Å². The topological polar surface area (TPSA) is 26.3 Å². The van der Waals surface area contributed by atoms with Gasteiger partial charge >= 0.3 is 5.97 Å². The van der Waals surface area contributed by atoms with Gasteiger partial charge in [-0.15, -0.1) is 0 Å². The van der Waals surface area contributed by atoms with Gasteiger partial charge in [0.2, 0.25) is 0 Å². The standard InChI is InChI=1S/C18H30O2/c1-5-7-17(8-6-2)18(19)20-13-15-9-11-16(12-10-15)14(3)4/h9,16-17H,3,5-8,10-13H2,1-2,4H3/t16-/m1/s1. The van der Waals surface area contributed by atoms with Gasteiger partial charge in [0, 0.05) is 0 Å². The highest BCUT2D eigenvalue weighted by Crippen LogP contribution is 2.28. The third-order valence-corrected chi connectivity index (χ3v) is 4.21. The van der Waals surface area contributed by atoms with Crippen molar-refractivity contribution in [3.63, 3.8) is 0 Å². The molecule has 0 aromatic carbocycles. The Hall–Kier alpha value is -1.05. The van der Waals surface area contributed by atoms with E-state index in [1.165, 1.54) is 11.1 Å². The lowest BCUT2D eigenvalue weighted by Gasteiger charge is -2.22. The molecule has 20 heavy (non-hydrogen) atoms. The molecule has 0 spiro atoms. The maximum atomic E-state index is 12.1. The maximum Gasteiger partial charge on any atom is 0.309 e. The average Bonchev–Trinajstić information content (AvgIpc) is 2.45. The summed E-state index contributed by atoms with van der Waals surface area (Å²) < 4.78 is 5.51. The Morgan fingerprint density at radius 3 is 2.50 bits per heavy atom. The Balaban J connectivity index is 2.39. The van der Waals surface area contributed by atoms with Crippen molar-refractivity contribution in [3.8, 4) is 0 Å². The summed E-state index contributed by atoms with van der Waals surface area (Å²) in [6.07, 6.45) is 9.46. The van der Waals surface area contributed by atoms with Crippen LogP contribution in [0.25, 0.3) is 0 Å². The summed E-state index contributed by atoms with van der Waals surface area (Å²) in [5.41, 5.74) is 2.55. The van der Waals surface area contributed by atoms with Crippen LogP contribution < -0.4 is 0 Å². The van der Waals surface area contributed by atoms with Crippen LogP contribution in [0.5, 0.6) is 0 Å².